The lowest BCUT2D eigenvalue weighted by molar-refractivity contribution is -0.137. The van der Waals surface area contributed by atoms with Gasteiger partial charge >= 0.3 is 5.97 Å². The van der Waals surface area contributed by atoms with Crippen LogP contribution in [0.25, 0.3) is 0 Å². The minimum atomic E-state index is -0.732. The third-order valence-corrected chi connectivity index (χ3v) is 3.15. The number of aryl methyl sites for hydroxylation is 2. The lowest BCUT2D eigenvalue weighted by Gasteiger charge is -2.25. The van der Waals surface area contributed by atoms with Crippen molar-refractivity contribution in [1.82, 2.24) is 0 Å². The maximum atomic E-state index is 10.5. The Hall–Kier alpha value is -1.51. The van der Waals surface area contributed by atoms with Gasteiger partial charge < -0.3 is 9.84 Å². The Morgan fingerprint density at radius 2 is 2.35 bits per heavy atom. The molecule has 1 heterocycles. The smallest absolute Gasteiger partial charge is 0.303 e. The van der Waals surface area contributed by atoms with Crippen LogP contribution in [0.15, 0.2) is 18.2 Å². The summed E-state index contributed by atoms with van der Waals surface area (Å²) in [4.78, 5) is 10.5. The van der Waals surface area contributed by atoms with E-state index < -0.39 is 5.97 Å². The predicted octanol–water partition coefficient (Wildman–Crippen LogP) is 2.81. The number of hydrogen-bond acceptors (Lipinski definition) is 2. The van der Waals surface area contributed by atoms with Gasteiger partial charge in [-0.05, 0) is 43.7 Å². The van der Waals surface area contributed by atoms with Crippen molar-refractivity contribution in [3.05, 3.63) is 29.3 Å². The zero-order valence-corrected chi connectivity index (χ0v) is 10.1. The van der Waals surface area contributed by atoms with Crippen LogP contribution < -0.4 is 4.74 Å². The van der Waals surface area contributed by atoms with Crippen LogP contribution in [-0.2, 0) is 17.6 Å². The van der Waals surface area contributed by atoms with E-state index in [1.807, 2.05) is 12.1 Å². The van der Waals surface area contributed by atoms with Crippen LogP contribution in [0.1, 0.15) is 37.3 Å². The molecule has 0 saturated carbocycles. The number of para-hydroxylation sites is 1. The summed E-state index contributed by atoms with van der Waals surface area (Å²) in [7, 11) is 0. The van der Waals surface area contributed by atoms with Crippen molar-refractivity contribution in [2.45, 2.75) is 45.1 Å². The van der Waals surface area contributed by atoms with Gasteiger partial charge in [-0.3, -0.25) is 4.79 Å². The van der Waals surface area contributed by atoms with Crippen molar-refractivity contribution in [3.8, 4) is 5.75 Å². The Morgan fingerprint density at radius 3 is 3.12 bits per heavy atom. The standard InChI is InChI=1S/C14H18O3/c1-10-8-9-12-5-2-4-11(14(12)17-10)6-3-7-13(15)16/h2,4-5,10H,3,6-9H2,1H3,(H,15,16). The highest BCUT2D eigenvalue weighted by molar-refractivity contribution is 5.66. The number of carboxylic acid groups (broad SMARTS) is 1. The molecular formula is C14H18O3. The van der Waals surface area contributed by atoms with E-state index in [0.29, 0.717) is 6.42 Å². The molecule has 92 valence electrons. The number of rotatable bonds is 4. The minimum absolute atomic E-state index is 0.221. The number of carbonyl (C=O) groups is 1. The van der Waals surface area contributed by atoms with Crippen molar-refractivity contribution < 1.29 is 14.6 Å². The van der Waals surface area contributed by atoms with E-state index in [-0.39, 0.29) is 12.5 Å². The summed E-state index contributed by atoms with van der Waals surface area (Å²) in [5.74, 6) is 0.265. The molecule has 1 unspecified atom stereocenters. The van der Waals surface area contributed by atoms with Gasteiger partial charge in [0.25, 0.3) is 0 Å². The van der Waals surface area contributed by atoms with Gasteiger partial charge in [-0.25, -0.2) is 0 Å². The number of benzene rings is 1. The van der Waals surface area contributed by atoms with Crippen LogP contribution in [0, 0.1) is 0 Å². The fraction of sp³-hybridized carbons (Fsp3) is 0.500. The van der Waals surface area contributed by atoms with Gasteiger partial charge in [0.05, 0.1) is 6.10 Å². The molecule has 3 nitrogen and oxygen atoms in total. The molecule has 1 aliphatic rings. The molecule has 0 aromatic heterocycles. The summed E-state index contributed by atoms with van der Waals surface area (Å²) >= 11 is 0. The van der Waals surface area contributed by atoms with Crippen molar-refractivity contribution in [1.29, 1.82) is 0 Å². The van der Waals surface area contributed by atoms with Gasteiger partial charge in [0.1, 0.15) is 5.75 Å². The summed E-state index contributed by atoms with van der Waals surface area (Å²) in [5, 5.41) is 8.64. The van der Waals surface area contributed by atoms with E-state index >= 15 is 0 Å². The average Bonchev–Trinajstić information content (AvgIpc) is 2.29. The normalized spacial score (nSPS) is 18.3. The molecule has 0 fully saturated rings. The summed E-state index contributed by atoms with van der Waals surface area (Å²) in [6.07, 6.45) is 4.06. The Kier molecular flexibility index (Phi) is 3.67. The zero-order chi connectivity index (χ0) is 12.3. The molecular weight excluding hydrogens is 216 g/mol. The fourth-order valence-corrected chi connectivity index (χ4v) is 2.23. The van der Waals surface area contributed by atoms with Gasteiger partial charge in [-0.1, -0.05) is 18.2 Å². The Morgan fingerprint density at radius 1 is 1.53 bits per heavy atom. The number of fused-ring (bicyclic) bond motifs is 1. The van der Waals surface area contributed by atoms with E-state index in [9.17, 15) is 4.79 Å². The molecule has 1 N–H and O–H groups in total. The predicted molar refractivity (Wildman–Crippen MR) is 65.4 cm³/mol. The molecule has 1 aromatic rings. The Bertz CT molecular complexity index is 412. The second-order valence-corrected chi connectivity index (χ2v) is 4.62. The maximum absolute atomic E-state index is 10.5. The lowest BCUT2D eigenvalue weighted by atomic mass is 9.97. The zero-order valence-electron chi connectivity index (χ0n) is 10.1. The highest BCUT2D eigenvalue weighted by atomic mass is 16.5. The summed E-state index contributed by atoms with van der Waals surface area (Å²) in [5.41, 5.74) is 2.41. The topological polar surface area (TPSA) is 46.5 Å². The second kappa shape index (κ2) is 5.21. The third-order valence-electron chi connectivity index (χ3n) is 3.15. The van der Waals surface area contributed by atoms with Gasteiger partial charge in [0.15, 0.2) is 0 Å². The van der Waals surface area contributed by atoms with E-state index in [0.717, 1.165) is 30.6 Å². The number of ether oxygens (including phenoxy) is 1. The molecule has 0 spiro atoms. The third kappa shape index (κ3) is 2.99. The van der Waals surface area contributed by atoms with Crippen molar-refractivity contribution in [2.75, 3.05) is 0 Å². The van der Waals surface area contributed by atoms with Gasteiger partial charge in [-0.2, -0.15) is 0 Å². The van der Waals surface area contributed by atoms with Gasteiger partial charge in [-0.15, -0.1) is 0 Å². The van der Waals surface area contributed by atoms with Crippen LogP contribution in [0.5, 0.6) is 5.75 Å². The molecule has 0 amide bonds. The summed E-state index contributed by atoms with van der Waals surface area (Å²) in [6.45, 7) is 2.08. The molecule has 0 saturated heterocycles. The maximum Gasteiger partial charge on any atom is 0.303 e. The van der Waals surface area contributed by atoms with Crippen LogP contribution in [-0.4, -0.2) is 17.2 Å². The summed E-state index contributed by atoms with van der Waals surface area (Å²) < 4.78 is 5.87. The first kappa shape index (κ1) is 12.0. The van der Waals surface area contributed by atoms with Crippen LogP contribution >= 0.6 is 0 Å². The van der Waals surface area contributed by atoms with Gasteiger partial charge in [0.2, 0.25) is 0 Å². The SMILES string of the molecule is CC1CCc2cccc(CCCC(=O)O)c2O1. The van der Waals surface area contributed by atoms with Crippen molar-refractivity contribution in [2.24, 2.45) is 0 Å². The molecule has 0 aliphatic carbocycles. The fourth-order valence-electron chi connectivity index (χ4n) is 2.23. The largest absolute Gasteiger partial charge is 0.490 e. The Balaban J connectivity index is 2.09. The van der Waals surface area contributed by atoms with E-state index in [4.69, 9.17) is 9.84 Å². The molecule has 3 heteroatoms. The first-order chi connectivity index (χ1) is 8.16. The van der Waals surface area contributed by atoms with Crippen LogP contribution in [0.3, 0.4) is 0 Å². The monoisotopic (exact) mass is 234 g/mol. The number of carboxylic acids is 1. The molecule has 2 rings (SSSR count). The van der Waals surface area contributed by atoms with E-state index in [1.165, 1.54) is 5.56 Å². The number of hydrogen-bond donors (Lipinski definition) is 1. The lowest BCUT2D eigenvalue weighted by Crippen LogP contribution is -2.20. The first-order valence-electron chi connectivity index (χ1n) is 6.16. The minimum Gasteiger partial charge on any atom is -0.490 e. The molecule has 1 aromatic carbocycles. The van der Waals surface area contributed by atoms with Crippen LogP contribution in [0.4, 0.5) is 0 Å². The average molecular weight is 234 g/mol. The summed E-state index contributed by atoms with van der Waals surface area (Å²) in [6, 6.07) is 6.18. The van der Waals surface area contributed by atoms with E-state index in [2.05, 4.69) is 13.0 Å². The number of aliphatic carboxylic acids is 1. The van der Waals surface area contributed by atoms with Crippen molar-refractivity contribution in [3.63, 3.8) is 0 Å². The first-order valence-corrected chi connectivity index (χ1v) is 6.16. The van der Waals surface area contributed by atoms with Gasteiger partial charge in [0, 0.05) is 6.42 Å². The molecule has 0 bridgehead atoms. The highest BCUT2D eigenvalue weighted by Crippen LogP contribution is 2.32. The quantitative estimate of drug-likeness (QED) is 0.871. The Labute approximate surface area is 101 Å². The molecule has 1 atom stereocenters. The second-order valence-electron chi connectivity index (χ2n) is 4.62. The highest BCUT2D eigenvalue weighted by Gasteiger charge is 2.18. The van der Waals surface area contributed by atoms with Crippen LogP contribution in [0.2, 0.25) is 0 Å². The molecule has 17 heavy (non-hydrogen) atoms. The van der Waals surface area contributed by atoms with Crippen molar-refractivity contribution >= 4 is 5.97 Å². The van der Waals surface area contributed by atoms with E-state index in [1.54, 1.807) is 0 Å². The molecule has 1 aliphatic heterocycles. The molecule has 0 radical (unpaired) electrons.